The van der Waals surface area contributed by atoms with Gasteiger partial charge in [0.2, 0.25) is 0 Å². The van der Waals surface area contributed by atoms with Crippen LogP contribution in [0, 0.1) is 17.3 Å². The Hall–Kier alpha value is -1.15. The number of nitrogens with zero attached hydrogens (tertiary/aromatic N) is 1. The standard InChI is InChI=1S/C7H12N4S/c1-2-3-4-5-12-7(10)11-6(8)9/h4-5H2,1H3,(H5,8,9,10,11). The fourth-order valence-corrected chi connectivity index (χ4v) is 1.04. The first-order chi connectivity index (χ1) is 5.66. The summed E-state index contributed by atoms with van der Waals surface area (Å²) in [5.41, 5.74) is 10.1. The number of guanidine groups is 1. The average Bonchev–Trinajstić information content (AvgIpc) is 1.97. The third-order valence-corrected chi connectivity index (χ3v) is 1.65. The molecular formula is C7H12N4S. The van der Waals surface area contributed by atoms with E-state index >= 15 is 0 Å². The van der Waals surface area contributed by atoms with Crippen LogP contribution in [0.5, 0.6) is 0 Å². The number of nitrogens with two attached hydrogens (primary N) is 2. The van der Waals surface area contributed by atoms with Crippen molar-refractivity contribution < 1.29 is 0 Å². The highest BCUT2D eigenvalue weighted by Crippen LogP contribution is 2.04. The molecule has 0 heterocycles. The topological polar surface area (TPSA) is 88.2 Å². The largest absolute Gasteiger partial charge is 0.370 e. The highest BCUT2D eigenvalue weighted by Gasteiger charge is 1.93. The quantitative estimate of drug-likeness (QED) is 0.250. The van der Waals surface area contributed by atoms with Gasteiger partial charge in [-0.25, -0.2) is 0 Å². The molecule has 0 fully saturated rings. The number of aliphatic imine (C=N–C) groups is 1. The highest BCUT2D eigenvalue weighted by molar-refractivity contribution is 8.13. The van der Waals surface area contributed by atoms with E-state index < -0.39 is 0 Å². The Labute approximate surface area is 76.3 Å². The molecule has 0 saturated heterocycles. The van der Waals surface area contributed by atoms with Gasteiger partial charge in [0, 0.05) is 12.2 Å². The zero-order valence-corrected chi connectivity index (χ0v) is 7.74. The monoisotopic (exact) mass is 184 g/mol. The van der Waals surface area contributed by atoms with Crippen molar-refractivity contribution in [3.8, 4) is 11.8 Å². The summed E-state index contributed by atoms with van der Waals surface area (Å²) in [5.74, 6) is 6.31. The molecule has 0 rings (SSSR count). The van der Waals surface area contributed by atoms with E-state index in [1.165, 1.54) is 11.8 Å². The lowest BCUT2D eigenvalue weighted by Gasteiger charge is -1.94. The second-order valence-electron chi connectivity index (χ2n) is 1.87. The van der Waals surface area contributed by atoms with Crippen molar-refractivity contribution >= 4 is 22.9 Å². The highest BCUT2D eigenvalue weighted by atomic mass is 32.2. The van der Waals surface area contributed by atoms with Crippen molar-refractivity contribution in [1.82, 2.24) is 0 Å². The van der Waals surface area contributed by atoms with E-state index in [1.54, 1.807) is 6.92 Å². The third-order valence-electron chi connectivity index (χ3n) is 0.873. The van der Waals surface area contributed by atoms with E-state index in [4.69, 9.17) is 16.9 Å². The van der Waals surface area contributed by atoms with Crippen molar-refractivity contribution in [2.45, 2.75) is 13.3 Å². The van der Waals surface area contributed by atoms with Crippen LogP contribution in [0.4, 0.5) is 0 Å². The summed E-state index contributed by atoms with van der Waals surface area (Å²) in [6.45, 7) is 1.78. The zero-order chi connectivity index (χ0) is 9.40. The molecule has 0 amide bonds. The minimum absolute atomic E-state index is 0.0749. The summed E-state index contributed by atoms with van der Waals surface area (Å²) >= 11 is 1.28. The van der Waals surface area contributed by atoms with E-state index in [1.807, 2.05) is 0 Å². The molecule has 5 N–H and O–H groups in total. The van der Waals surface area contributed by atoms with Crippen LogP contribution in [0.2, 0.25) is 0 Å². The summed E-state index contributed by atoms with van der Waals surface area (Å²) in [6, 6.07) is 0. The molecule has 0 aromatic rings. The molecule has 0 atom stereocenters. The number of hydrogen-bond donors (Lipinski definition) is 3. The molecule has 0 bridgehead atoms. The Bertz CT molecular complexity index is 232. The molecule has 0 saturated carbocycles. The van der Waals surface area contributed by atoms with Crippen LogP contribution in [-0.2, 0) is 0 Å². The summed E-state index contributed by atoms with van der Waals surface area (Å²) in [4.78, 5) is 3.55. The summed E-state index contributed by atoms with van der Waals surface area (Å²) in [6.07, 6.45) is 0.754. The summed E-state index contributed by atoms with van der Waals surface area (Å²) < 4.78 is 0. The lowest BCUT2D eigenvalue weighted by Crippen LogP contribution is -2.23. The van der Waals surface area contributed by atoms with Crippen molar-refractivity contribution in [1.29, 1.82) is 5.41 Å². The molecule has 5 heteroatoms. The lowest BCUT2D eigenvalue weighted by molar-refractivity contribution is 1.30. The van der Waals surface area contributed by atoms with Crippen LogP contribution in [0.15, 0.2) is 4.99 Å². The van der Waals surface area contributed by atoms with Crippen molar-refractivity contribution in [3.63, 3.8) is 0 Å². The third kappa shape index (κ3) is 6.96. The Morgan fingerprint density at radius 2 is 2.25 bits per heavy atom. The van der Waals surface area contributed by atoms with Crippen LogP contribution in [0.3, 0.4) is 0 Å². The van der Waals surface area contributed by atoms with Crippen LogP contribution in [-0.4, -0.2) is 16.9 Å². The van der Waals surface area contributed by atoms with E-state index in [2.05, 4.69) is 16.8 Å². The van der Waals surface area contributed by atoms with Gasteiger partial charge in [-0.05, 0) is 6.92 Å². The smallest absolute Gasteiger partial charge is 0.193 e. The van der Waals surface area contributed by atoms with E-state index in [9.17, 15) is 0 Å². The second kappa shape index (κ2) is 6.55. The predicted octanol–water partition coefficient (Wildman–Crippen LogP) is 0.341. The maximum Gasteiger partial charge on any atom is 0.193 e. The van der Waals surface area contributed by atoms with Gasteiger partial charge in [-0.2, -0.15) is 4.99 Å². The van der Waals surface area contributed by atoms with E-state index in [0.29, 0.717) is 0 Å². The molecule has 0 aliphatic rings. The Morgan fingerprint density at radius 3 is 2.75 bits per heavy atom. The Kier molecular flexibility index (Phi) is 5.93. The van der Waals surface area contributed by atoms with Gasteiger partial charge in [-0.1, -0.05) is 11.8 Å². The minimum Gasteiger partial charge on any atom is -0.370 e. The van der Waals surface area contributed by atoms with E-state index in [-0.39, 0.29) is 11.1 Å². The normalized spacial score (nSPS) is 8.08. The van der Waals surface area contributed by atoms with E-state index in [0.717, 1.165) is 12.2 Å². The van der Waals surface area contributed by atoms with Crippen LogP contribution in [0.1, 0.15) is 13.3 Å². The van der Waals surface area contributed by atoms with Gasteiger partial charge in [-0.3, -0.25) is 5.41 Å². The zero-order valence-electron chi connectivity index (χ0n) is 6.92. The number of rotatable bonds is 2. The van der Waals surface area contributed by atoms with Gasteiger partial charge in [0.05, 0.1) is 0 Å². The van der Waals surface area contributed by atoms with Crippen molar-refractivity contribution in [2.75, 3.05) is 5.75 Å². The van der Waals surface area contributed by atoms with Crippen molar-refractivity contribution in [2.24, 2.45) is 16.5 Å². The Morgan fingerprint density at radius 1 is 1.58 bits per heavy atom. The van der Waals surface area contributed by atoms with Gasteiger partial charge < -0.3 is 11.5 Å². The number of amidine groups is 1. The predicted molar refractivity (Wildman–Crippen MR) is 54.1 cm³/mol. The molecule has 0 aliphatic carbocycles. The van der Waals surface area contributed by atoms with Gasteiger partial charge in [0.15, 0.2) is 11.1 Å². The SMILES string of the molecule is CC#CCCSC(=N)N=C(N)N. The number of thioether (sulfide) groups is 1. The molecular weight excluding hydrogens is 172 g/mol. The van der Waals surface area contributed by atoms with Crippen molar-refractivity contribution in [3.05, 3.63) is 0 Å². The van der Waals surface area contributed by atoms with Gasteiger partial charge >= 0.3 is 0 Å². The Balaban J connectivity index is 3.56. The maximum atomic E-state index is 7.22. The van der Waals surface area contributed by atoms with Gasteiger partial charge in [-0.15, -0.1) is 11.8 Å². The molecule has 0 aromatic carbocycles. The lowest BCUT2D eigenvalue weighted by atomic mass is 10.5. The first-order valence-electron chi connectivity index (χ1n) is 3.37. The molecule has 12 heavy (non-hydrogen) atoms. The molecule has 4 nitrogen and oxygen atoms in total. The summed E-state index contributed by atoms with van der Waals surface area (Å²) in [7, 11) is 0. The van der Waals surface area contributed by atoms with Gasteiger partial charge in [0.25, 0.3) is 0 Å². The fraction of sp³-hybridized carbons (Fsp3) is 0.429. The molecule has 0 spiro atoms. The maximum absolute atomic E-state index is 7.22. The summed E-state index contributed by atoms with van der Waals surface area (Å²) in [5, 5.41) is 7.35. The van der Waals surface area contributed by atoms with Crippen LogP contribution >= 0.6 is 11.8 Å². The number of nitrogens with one attached hydrogen (secondary N) is 1. The molecule has 66 valence electrons. The average molecular weight is 184 g/mol. The first kappa shape index (κ1) is 10.8. The molecule has 0 unspecified atom stereocenters. The van der Waals surface area contributed by atoms with Crippen LogP contribution in [0.25, 0.3) is 0 Å². The van der Waals surface area contributed by atoms with Gasteiger partial charge in [0.1, 0.15) is 0 Å². The minimum atomic E-state index is -0.0749. The number of hydrogen-bond acceptors (Lipinski definition) is 2. The molecule has 0 aliphatic heterocycles. The fourth-order valence-electron chi connectivity index (χ4n) is 0.473. The second-order valence-corrected chi connectivity index (χ2v) is 2.95. The first-order valence-corrected chi connectivity index (χ1v) is 4.36. The molecule has 0 aromatic heterocycles. The molecule has 0 radical (unpaired) electrons. The van der Waals surface area contributed by atoms with Crippen LogP contribution < -0.4 is 11.5 Å².